The predicted octanol–water partition coefficient (Wildman–Crippen LogP) is 3.18. The van der Waals surface area contributed by atoms with Gasteiger partial charge in [0, 0.05) is 28.0 Å². The van der Waals surface area contributed by atoms with Crippen LogP contribution >= 0.6 is 23.1 Å². The summed E-state index contributed by atoms with van der Waals surface area (Å²) in [5.41, 5.74) is 7.44. The summed E-state index contributed by atoms with van der Waals surface area (Å²) < 4.78 is 6.03. The highest BCUT2D eigenvalue weighted by Crippen LogP contribution is 2.35. The molecule has 2 atom stereocenters. The highest BCUT2D eigenvalue weighted by molar-refractivity contribution is 7.99. The summed E-state index contributed by atoms with van der Waals surface area (Å²) in [6, 6.07) is 8.13. The van der Waals surface area contributed by atoms with Gasteiger partial charge in [0.25, 0.3) is 0 Å². The molecule has 2 heterocycles. The molecule has 106 valence electrons. The molecule has 0 saturated heterocycles. The van der Waals surface area contributed by atoms with Crippen molar-refractivity contribution in [2.75, 3.05) is 5.75 Å². The van der Waals surface area contributed by atoms with Crippen LogP contribution in [0.25, 0.3) is 0 Å². The Hall–Kier alpha value is -1.04. The van der Waals surface area contributed by atoms with Crippen LogP contribution in [0.3, 0.4) is 0 Å². The lowest BCUT2D eigenvalue weighted by atomic mass is 10.1. The first-order chi connectivity index (χ1) is 9.63. The molecular formula is C15H18N2OS2. The average molecular weight is 306 g/mol. The lowest BCUT2D eigenvalue weighted by molar-refractivity contribution is 0.184. The van der Waals surface area contributed by atoms with Gasteiger partial charge in [0.2, 0.25) is 0 Å². The van der Waals surface area contributed by atoms with Crippen LogP contribution in [0.1, 0.15) is 15.6 Å². The minimum atomic E-state index is -0.0131. The average Bonchev–Trinajstić information content (AvgIpc) is 2.76. The molecule has 0 radical (unpaired) electrons. The standard InChI is InChI=1S/C15H18N2OS2/c1-9-10(2)20-15(17-9)7-11(16)13-8-19-14-6-4-3-5-12(14)18-13/h3-6,11,13H,7-8,16H2,1-2H3. The molecule has 1 aromatic heterocycles. The first kappa shape index (κ1) is 13.9. The Bertz CT molecular complexity index is 592. The van der Waals surface area contributed by atoms with Crippen molar-refractivity contribution in [3.05, 3.63) is 39.8 Å². The van der Waals surface area contributed by atoms with E-state index in [1.165, 1.54) is 9.77 Å². The van der Waals surface area contributed by atoms with Gasteiger partial charge in [-0.05, 0) is 26.0 Å². The van der Waals surface area contributed by atoms with E-state index < -0.39 is 0 Å². The van der Waals surface area contributed by atoms with Gasteiger partial charge < -0.3 is 10.5 Å². The molecule has 0 saturated carbocycles. The molecule has 1 aliphatic rings. The maximum atomic E-state index is 6.33. The van der Waals surface area contributed by atoms with E-state index in [-0.39, 0.29) is 12.1 Å². The van der Waals surface area contributed by atoms with Gasteiger partial charge >= 0.3 is 0 Å². The van der Waals surface area contributed by atoms with Gasteiger partial charge in [-0.15, -0.1) is 23.1 Å². The number of ether oxygens (including phenoxy) is 1. The monoisotopic (exact) mass is 306 g/mol. The second-order valence-electron chi connectivity index (χ2n) is 5.03. The fourth-order valence-corrected chi connectivity index (χ4v) is 4.30. The third-order valence-electron chi connectivity index (χ3n) is 3.49. The van der Waals surface area contributed by atoms with Crippen molar-refractivity contribution in [3.8, 4) is 5.75 Å². The van der Waals surface area contributed by atoms with Crippen molar-refractivity contribution < 1.29 is 4.74 Å². The molecule has 2 aromatic rings. The number of thioether (sulfide) groups is 1. The number of aryl methyl sites for hydroxylation is 2. The highest BCUT2D eigenvalue weighted by atomic mass is 32.2. The van der Waals surface area contributed by atoms with Gasteiger partial charge in [-0.1, -0.05) is 12.1 Å². The molecule has 2 N–H and O–H groups in total. The minimum Gasteiger partial charge on any atom is -0.487 e. The molecule has 2 unspecified atom stereocenters. The van der Waals surface area contributed by atoms with E-state index in [1.54, 1.807) is 11.3 Å². The first-order valence-corrected chi connectivity index (χ1v) is 8.50. The maximum absolute atomic E-state index is 6.33. The van der Waals surface area contributed by atoms with Gasteiger partial charge in [-0.25, -0.2) is 4.98 Å². The van der Waals surface area contributed by atoms with Gasteiger partial charge in [0.05, 0.1) is 10.7 Å². The van der Waals surface area contributed by atoms with Crippen molar-refractivity contribution in [1.82, 2.24) is 4.98 Å². The zero-order valence-electron chi connectivity index (χ0n) is 11.6. The fourth-order valence-electron chi connectivity index (χ4n) is 2.21. The second kappa shape index (κ2) is 5.76. The van der Waals surface area contributed by atoms with Gasteiger partial charge in [0.15, 0.2) is 0 Å². The first-order valence-electron chi connectivity index (χ1n) is 6.70. The lowest BCUT2D eigenvalue weighted by Crippen LogP contribution is -2.43. The summed E-state index contributed by atoms with van der Waals surface area (Å²) in [4.78, 5) is 7.05. The number of hydrogen-bond donors (Lipinski definition) is 1. The number of nitrogens with two attached hydrogens (primary N) is 1. The Morgan fingerprint density at radius 3 is 2.95 bits per heavy atom. The largest absolute Gasteiger partial charge is 0.487 e. The van der Waals surface area contributed by atoms with Crippen molar-refractivity contribution in [2.45, 2.75) is 37.3 Å². The van der Waals surface area contributed by atoms with Crippen molar-refractivity contribution in [2.24, 2.45) is 5.73 Å². The molecule has 3 nitrogen and oxygen atoms in total. The Kier molecular flexibility index (Phi) is 4.01. The molecule has 0 spiro atoms. The predicted molar refractivity (Wildman–Crippen MR) is 84.8 cm³/mol. The minimum absolute atomic E-state index is 0.0131. The van der Waals surface area contributed by atoms with E-state index in [4.69, 9.17) is 10.5 Å². The van der Waals surface area contributed by atoms with E-state index in [2.05, 4.69) is 18.0 Å². The Morgan fingerprint density at radius 1 is 1.40 bits per heavy atom. The van der Waals surface area contributed by atoms with Crippen molar-refractivity contribution in [3.63, 3.8) is 0 Å². The molecule has 3 rings (SSSR count). The normalized spacial score (nSPS) is 19.2. The van der Waals surface area contributed by atoms with Crippen LogP contribution in [0.2, 0.25) is 0 Å². The molecule has 1 aliphatic heterocycles. The Labute approximate surface area is 127 Å². The molecule has 1 aromatic carbocycles. The fraction of sp³-hybridized carbons (Fsp3) is 0.400. The maximum Gasteiger partial charge on any atom is 0.133 e. The number of para-hydroxylation sites is 1. The topological polar surface area (TPSA) is 48.1 Å². The summed E-state index contributed by atoms with van der Waals surface area (Å²) in [6.07, 6.45) is 0.839. The van der Waals surface area contributed by atoms with Gasteiger partial charge in [-0.3, -0.25) is 0 Å². The zero-order chi connectivity index (χ0) is 14.1. The molecule has 20 heavy (non-hydrogen) atoms. The van der Waals surface area contributed by atoms with Crippen LogP contribution in [0, 0.1) is 13.8 Å². The molecular weight excluding hydrogens is 288 g/mol. The van der Waals surface area contributed by atoms with Crippen LogP contribution in [-0.4, -0.2) is 22.9 Å². The van der Waals surface area contributed by atoms with Crippen LogP contribution in [-0.2, 0) is 6.42 Å². The van der Waals surface area contributed by atoms with Crippen LogP contribution < -0.4 is 10.5 Å². The summed E-state index contributed by atoms with van der Waals surface area (Å²) in [5, 5.41) is 1.11. The van der Waals surface area contributed by atoms with Gasteiger partial charge in [0.1, 0.15) is 11.9 Å². The smallest absolute Gasteiger partial charge is 0.133 e. The number of thiazole rings is 1. The Morgan fingerprint density at radius 2 is 2.20 bits per heavy atom. The number of benzene rings is 1. The lowest BCUT2D eigenvalue weighted by Gasteiger charge is -2.29. The van der Waals surface area contributed by atoms with Crippen molar-refractivity contribution >= 4 is 23.1 Å². The molecule has 0 amide bonds. The number of aromatic nitrogens is 1. The van der Waals surface area contributed by atoms with E-state index in [1.807, 2.05) is 36.9 Å². The van der Waals surface area contributed by atoms with Crippen LogP contribution in [0.15, 0.2) is 29.2 Å². The van der Waals surface area contributed by atoms with Crippen LogP contribution in [0.4, 0.5) is 0 Å². The second-order valence-corrected chi connectivity index (χ2v) is 7.38. The number of hydrogen-bond acceptors (Lipinski definition) is 5. The quantitative estimate of drug-likeness (QED) is 0.946. The number of nitrogens with zero attached hydrogens (tertiary/aromatic N) is 1. The summed E-state index contributed by atoms with van der Waals surface area (Å²) in [6.45, 7) is 4.15. The Balaban J connectivity index is 1.68. The highest BCUT2D eigenvalue weighted by Gasteiger charge is 2.26. The van der Waals surface area contributed by atoms with E-state index in [9.17, 15) is 0 Å². The van der Waals surface area contributed by atoms with E-state index >= 15 is 0 Å². The van der Waals surface area contributed by atoms with E-state index in [0.717, 1.165) is 28.6 Å². The van der Waals surface area contributed by atoms with Crippen LogP contribution in [0.5, 0.6) is 5.75 Å². The molecule has 0 fully saturated rings. The molecule has 0 aliphatic carbocycles. The van der Waals surface area contributed by atoms with E-state index in [0.29, 0.717) is 0 Å². The number of fused-ring (bicyclic) bond motifs is 1. The third kappa shape index (κ3) is 2.85. The van der Waals surface area contributed by atoms with Crippen molar-refractivity contribution in [1.29, 1.82) is 0 Å². The SMILES string of the molecule is Cc1nc(CC(N)C2CSc3ccccc3O2)sc1C. The summed E-state index contributed by atoms with van der Waals surface area (Å²) >= 11 is 3.56. The zero-order valence-corrected chi connectivity index (χ0v) is 13.3. The molecule has 0 bridgehead atoms. The third-order valence-corrected chi connectivity index (χ3v) is 5.73. The number of rotatable bonds is 3. The summed E-state index contributed by atoms with van der Waals surface area (Å²) in [7, 11) is 0. The summed E-state index contributed by atoms with van der Waals surface area (Å²) in [5.74, 6) is 1.86. The van der Waals surface area contributed by atoms with Gasteiger partial charge in [-0.2, -0.15) is 0 Å². The molecule has 5 heteroatoms.